The number of hydrogen-bond acceptors (Lipinski definition) is 5. The number of nitrogens with zero attached hydrogens (tertiary/aromatic N) is 2. The van der Waals surface area contributed by atoms with Crippen molar-refractivity contribution in [1.82, 2.24) is 9.97 Å². The first kappa shape index (κ1) is 14.7. The molecule has 0 unspecified atom stereocenters. The first-order valence-electron chi connectivity index (χ1n) is 6.10. The molecule has 0 saturated carbocycles. The second-order valence-corrected chi connectivity index (χ2v) is 5.54. The Morgan fingerprint density at radius 3 is 2.75 bits per heavy atom. The fourth-order valence-corrected chi connectivity index (χ4v) is 2.72. The molecule has 0 bridgehead atoms. The number of aryl methyl sites for hydroxylation is 1. The number of hydrogen-bond donors (Lipinski definition) is 2. The van der Waals surface area contributed by atoms with Gasteiger partial charge in [-0.15, -0.1) is 11.8 Å². The topological polar surface area (TPSA) is 63.8 Å². The maximum absolute atomic E-state index is 5.83. The fraction of sp³-hybridized carbons (Fsp3) is 0.214. The molecule has 0 aliphatic carbocycles. The zero-order chi connectivity index (χ0) is 14.5. The van der Waals surface area contributed by atoms with Crippen LogP contribution in [-0.2, 0) is 6.54 Å². The summed E-state index contributed by atoms with van der Waals surface area (Å²) in [6.07, 6.45) is 5.53. The molecule has 0 spiro atoms. The van der Waals surface area contributed by atoms with E-state index in [1.165, 1.54) is 0 Å². The van der Waals surface area contributed by atoms with Crippen LogP contribution in [0.25, 0.3) is 0 Å². The third-order valence-corrected chi connectivity index (χ3v) is 3.77. The highest BCUT2D eigenvalue weighted by Gasteiger charge is 2.10. The number of nitrogens with two attached hydrogens (primary N) is 1. The van der Waals surface area contributed by atoms with Crippen molar-refractivity contribution in [1.29, 1.82) is 0 Å². The number of thioether (sulfide) groups is 1. The highest BCUT2D eigenvalue weighted by atomic mass is 32.2. The standard InChI is InChI=1S/C14H16N4S2/c1-9-6-17-10(7-16-9)8-18-11-4-3-5-12(20-2)13(11)14(15)19/h3-7,18H,8H2,1-2H3,(H2,15,19). The zero-order valence-corrected chi connectivity index (χ0v) is 13.0. The highest BCUT2D eigenvalue weighted by molar-refractivity contribution is 7.98. The first-order valence-corrected chi connectivity index (χ1v) is 7.73. The molecule has 2 rings (SSSR count). The van der Waals surface area contributed by atoms with Gasteiger partial charge >= 0.3 is 0 Å². The summed E-state index contributed by atoms with van der Waals surface area (Å²) in [6, 6.07) is 5.96. The molecule has 0 saturated heterocycles. The minimum atomic E-state index is 0.396. The van der Waals surface area contributed by atoms with Crippen molar-refractivity contribution >= 4 is 34.7 Å². The van der Waals surface area contributed by atoms with Gasteiger partial charge in [0.2, 0.25) is 0 Å². The molecule has 0 radical (unpaired) electrons. The minimum Gasteiger partial charge on any atom is -0.389 e. The molecule has 0 fully saturated rings. The van der Waals surface area contributed by atoms with E-state index in [2.05, 4.69) is 15.3 Å². The summed E-state index contributed by atoms with van der Waals surface area (Å²) in [5, 5.41) is 3.32. The summed E-state index contributed by atoms with van der Waals surface area (Å²) in [5.74, 6) is 0. The highest BCUT2D eigenvalue weighted by Crippen LogP contribution is 2.27. The van der Waals surface area contributed by atoms with E-state index in [0.29, 0.717) is 11.5 Å². The Bertz CT molecular complexity index is 611. The van der Waals surface area contributed by atoms with Crippen molar-refractivity contribution in [3.05, 3.63) is 47.5 Å². The molecule has 4 nitrogen and oxygen atoms in total. The van der Waals surface area contributed by atoms with E-state index in [-0.39, 0.29) is 0 Å². The zero-order valence-electron chi connectivity index (χ0n) is 11.4. The van der Waals surface area contributed by atoms with Crippen molar-refractivity contribution < 1.29 is 0 Å². The van der Waals surface area contributed by atoms with Gasteiger partial charge < -0.3 is 11.1 Å². The summed E-state index contributed by atoms with van der Waals surface area (Å²) < 4.78 is 0. The van der Waals surface area contributed by atoms with Gasteiger partial charge in [-0.1, -0.05) is 18.3 Å². The number of thiocarbonyl (C=S) groups is 1. The van der Waals surface area contributed by atoms with Crippen LogP contribution in [-0.4, -0.2) is 21.2 Å². The smallest absolute Gasteiger partial charge is 0.107 e. The van der Waals surface area contributed by atoms with Crippen LogP contribution in [0.15, 0.2) is 35.5 Å². The predicted molar refractivity (Wildman–Crippen MR) is 88.2 cm³/mol. The lowest BCUT2D eigenvalue weighted by atomic mass is 10.1. The van der Waals surface area contributed by atoms with Gasteiger partial charge in [-0.25, -0.2) is 0 Å². The fourth-order valence-electron chi connectivity index (χ4n) is 1.80. The van der Waals surface area contributed by atoms with Crippen molar-refractivity contribution in [2.24, 2.45) is 5.73 Å². The van der Waals surface area contributed by atoms with Crippen LogP contribution in [0.2, 0.25) is 0 Å². The van der Waals surface area contributed by atoms with E-state index in [9.17, 15) is 0 Å². The largest absolute Gasteiger partial charge is 0.389 e. The number of anilines is 1. The quantitative estimate of drug-likeness (QED) is 0.654. The van der Waals surface area contributed by atoms with Crippen LogP contribution in [0.5, 0.6) is 0 Å². The normalized spacial score (nSPS) is 10.3. The van der Waals surface area contributed by atoms with E-state index < -0.39 is 0 Å². The van der Waals surface area contributed by atoms with Gasteiger partial charge in [0, 0.05) is 22.3 Å². The van der Waals surface area contributed by atoms with Gasteiger partial charge in [-0.05, 0) is 25.3 Å². The summed E-state index contributed by atoms with van der Waals surface area (Å²) in [7, 11) is 0. The number of benzene rings is 1. The first-order chi connectivity index (χ1) is 9.61. The van der Waals surface area contributed by atoms with Gasteiger partial charge in [0.25, 0.3) is 0 Å². The van der Waals surface area contributed by atoms with Gasteiger partial charge in [0.15, 0.2) is 0 Å². The maximum Gasteiger partial charge on any atom is 0.107 e. The summed E-state index contributed by atoms with van der Waals surface area (Å²) >= 11 is 6.77. The molecule has 0 aliphatic rings. The third-order valence-electron chi connectivity index (χ3n) is 2.79. The van der Waals surface area contributed by atoms with Crippen molar-refractivity contribution in [2.45, 2.75) is 18.4 Å². The van der Waals surface area contributed by atoms with Crippen molar-refractivity contribution in [2.75, 3.05) is 11.6 Å². The molecule has 2 aromatic rings. The van der Waals surface area contributed by atoms with E-state index in [1.54, 1.807) is 24.2 Å². The molecule has 3 N–H and O–H groups in total. The lowest BCUT2D eigenvalue weighted by molar-refractivity contribution is 0.983. The van der Waals surface area contributed by atoms with Crippen LogP contribution in [0.3, 0.4) is 0 Å². The van der Waals surface area contributed by atoms with Gasteiger partial charge in [0.05, 0.1) is 24.1 Å². The van der Waals surface area contributed by atoms with E-state index in [1.807, 2.05) is 31.4 Å². The monoisotopic (exact) mass is 304 g/mol. The Kier molecular flexibility index (Phi) is 4.92. The van der Waals surface area contributed by atoms with Crippen molar-refractivity contribution in [3.63, 3.8) is 0 Å². The van der Waals surface area contributed by atoms with Crippen LogP contribution in [0.4, 0.5) is 5.69 Å². The van der Waals surface area contributed by atoms with E-state index in [0.717, 1.165) is 27.5 Å². The van der Waals surface area contributed by atoms with Crippen molar-refractivity contribution in [3.8, 4) is 0 Å². The molecule has 6 heteroatoms. The van der Waals surface area contributed by atoms with Gasteiger partial charge in [-0.2, -0.15) is 0 Å². The van der Waals surface area contributed by atoms with Gasteiger partial charge in [0.1, 0.15) is 4.99 Å². The Hall–Kier alpha value is -1.66. The molecule has 0 aliphatic heterocycles. The van der Waals surface area contributed by atoms with Crippen LogP contribution in [0.1, 0.15) is 17.0 Å². The third kappa shape index (κ3) is 3.46. The molecule has 0 atom stereocenters. The summed E-state index contributed by atoms with van der Waals surface area (Å²) in [6.45, 7) is 2.50. The molecule has 20 heavy (non-hydrogen) atoms. The van der Waals surface area contributed by atoms with E-state index in [4.69, 9.17) is 18.0 Å². The average molecular weight is 304 g/mol. The van der Waals surface area contributed by atoms with Crippen LogP contribution < -0.4 is 11.1 Å². The summed E-state index contributed by atoms with van der Waals surface area (Å²) in [5.41, 5.74) is 9.42. The SMILES string of the molecule is CSc1cccc(NCc2cnc(C)cn2)c1C(N)=S. The number of aromatic nitrogens is 2. The second-order valence-electron chi connectivity index (χ2n) is 4.25. The maximum atomic E-state index is 5.83. The Morgan fingerprint density at radius 2 is 2.15 bits per heavy atom. The molecule has 0 amide bonds. The predicted octanol–water partition coefficient (Wildman–Crippen LogP) is 2.75. The minimum absolute atomic E-state index is 0.396. The second kappa shape index (κ2) is 6.67. The van der Waals surface area contributed by atoms with Crippen LogP contribution >= 0.6 is 24.0 Å². The lowest BCUT2D eigenvalue weighted by Crippen LogP contribution is -2.15. The Balaban J connectivity index is 2.21. The molecule has 104 valence electrons. The average Bonchev–Trinajstić information content (AvgIpc) is 2.46. The van der Waals surface area contributed by atoms with Gasteiger partial charge in [-0.3, -0.25) is 9.97 Å². The molecule has 1 aromatic heterocycles. The number of rotatable bonds is 5. The lowest BCUT2D eigenvalue weighted by Gasteiger charge is -2.14. The molecule has 1 heterocycles. The van der Waals surface area contributed by atoms with E-state index >= 15 is 0 Å². The molecular weight excluding hydrogens is 288 g/mol. The Labute approximate surface area is 128 Å². The molecular formula is C14H16N4S2. The Morgan fingerprint density at radius 1 is 1.35 bits per heavy atom. The summed E-state index contributed by atoms with van der Waals surface area (Å²) in [4.78, 5) is 10.0. The number of nitrogens with one attached hydrogen (secondary N) is 1. The van der Waals surface area contributed by atoms with Crippen LogP contribution in [0, 0.1) is 6.92 Å². The molecule has 1 aromatic carbocycles.